The summed E-state index contributed by atoms with van der Waals surface area (Å²) >= 11 is 1.94. The van der Waals surface area contributed by atoms with Crippen LogP contribution >= 0.6 is 11.3 Å². The molecule has 0 saturated heterocycles. The summed E-state index contributed by atoms with van der Waals surface area (Å²) in [7, 11) is 0. The van der Waals surface area contributed by atoms with E-state index in [9.17, 15) is 0 Å². The fourth-order valence-corrected chi connectivity index (χ4v) is 3.17. The maximum absolute atomic E-state index is 4.77. The highest BCUT2D eigenvalue weighted by atomic mass is 32.1. The van der Waals surface area contributed by atoms with Gasteiger partial charge in [-0.15, -0.1) is 11.3 Å². The van der Waals surface area contributed by atoms with Crippen molar-refractivity contribution < 1.29 is 0 Å². The van der Waals surface area contributed by atoms with Gasteiger partial charge in [-0.3, -0.25) is 0 Å². The van der Waals surface area contributed by atoms with Crippen molar-refractivity contribution in [2.75, 3.05) is 0 Å². The number of fused-ring (bicyclic) bond motifs is 1. The summed E-state index contributed by atoms with van der Waals surface area (Å²) in [6.45, 7) is 6.77. The summed E-state index contributed by atoms with van der Waals surface area (Å²) in [6.07, 6.45) is 5.20. The van der Waals surface area contributed by atoms with Gasteiger partial charge >= 0.3 is 0 Å². The lowest BCUT2D eigenvalue weighted by molar-refractivity contribution is 0.442. The Morgan fingerprint density at radius 3 is 2.93 bits per heavy atom. The number of hydrogen-bond acceptors (Lipinski definition) is 2. The molecular weight excluding hydrogens is 190 g/mol. The van der Waals surface area contributed by atoms with Crippen molar-refractivity contribution in [2.24, 2.45) is 5.92 Å². The summed E-state index contributed by atoms with van der Waals surface area (Å²) in [5.41, 5.74) is 1.41. The van der Waals surface area contributed by atoms with Crippen LogP contribution in [0.3, 0.4) is 0 Å². The van der Waals surface area contributed by atoms with E-state index >= 15 is 0 Å². The van der Waals surface area contributed by atoms with Gasteiger partial charge in [0.15, 0.2) is 0 Å². The number of aryl methyl sites for hydroxylation is 1. The van der Waals surface area contributed by atoms with E-state index < -0.39 is 0 Å². The zero-order chi connectivity index (χ0) is 10.1. The molecule has 0 aromatic carbocycles. The van der Waals surface area contributed by atoms with E-state index in [1.54, 1.807) is 4.88 Å². The van der Waals surface area contributed by atoms with Crippen molar-refractivity contribution in [2.45, 2.75) is 52.4 Å². The minimum atomic E-state index is 0.602. The van der Waals surface area contributed by atoms with E-state index in [4.69, 9.17) is 4.98 Å². The number of nitrogens with zero attached hydrogens (tertiary/aromatic N) is 1. The van der Waals surface area contributed by atoms with Crippen LogP contribution in [0.5, 0.6) is 0 Å². The van der Waals surface area contributed by atoms with Gasteiger partial charge in [0.25, 0.3) is 0 Å². The topological polar surface area (TPSA) is 12.9 Å². The van der Waals surface area contributed by atoms with Gasteiger partial charge in [0, 0.05) is 10.8 Å². The average Bonchev–Trinajstić information content (AvgIpc) is 2.59. The average molecular weight is 209 g/mol. The minimum Gasteiger partial charge on any atom is -0.246 e. The largest absolute Gasteiger partial charge is 0.246 e. The first-order valence-corrected chi connectivity index (χ1v) is 6.50. The van der Waals surface area contributed by atoms with Gasteiger partial charge in [-0.2, -0.15) is 0 Å². The van der Waals surface area contributed by atoms with Crippen molar-refractivity contribution in [3.05, 3.63) is 15.6 Å². The summed E-state index contributed by atoms with van der Waals surface area (Å²) in [5, 5.41) is 1.34. The Balaban J connectivity index is 2.21. The third kappa shape index (κ3) is 1.85. The Morgan fingerprint density at radius 2 is 2.29 bits per heavy atom. The third-order valence-corrected chi connectivity index (χ3v) is 4.59. The highest BCUT2D eigenvalue weighted by Gasteiger charge is 2.21. The fraction of sp³-hybridized carbons (Fsp3) is 0.750. The first-order chi connectivity index (χ1) is 6.70. The molecule has 0 spiro atoms. The molecule has 78 valence electrons. The van der Waals surface area contributed by atoms with E-state index in [0.717, 1.165) is 5.92 Å². The molecule has 1 aromatic heterocycles. The van der Waals surface area contributed by atoms with Gasteiger partial charge in [-0.1, -0.05) is 27.2 Å². The number of hydrogen-bond donors (Lipinski definition) is 0. The standard InChI is InChI=1S/C12H19NS/c1-4-9-5-6-11-10(7-9)13-12(14-11)8(2)3/h8-9H,4-7H2,1-3H3. The van der Waals surface area contributed by atoms with Crippen LogP contribution in [0.1, 0.15) is 55.1 Å². The molecule has 1 aliphatic rings. The van der Waals surface area contributed by atoms with E-state index in [1.165, 1.54) is 36.4 Å². The smallest absolute Gasteiger partial charge is 0.0956 e. The molecule has 0 amide bonds. The van der Waals surface area contributed by atoms with Crippen molar-refractivity contribution in [3.8, 4) is 0 Å². The molecule has 1 aliphatic carbocycles. The van der Waals surface area contributed by atoms with Crippen LogP contribution in [0.2, 0.25) is 0 Å². The normalized spacial score (nSPS) is 21.3. The molecule has 0 radical (unpaired) electrons. The molecule has 14 heavy (non-hydrogen) atoms. The summed E-state index contributed by atoms with van der Waals surface area (Å²) in [5.74, 6) is 1.50. The van der Waals surface area contributed by atoms with Crippen LogP contribution in [0.15, 0.2) is 0 Å². The molecular formula is C12H19NS. The van der Waals surface area contributed by atoms with Crippen molar-refractivity contribution in [1.82, 2.24) is 4.98 Å². The zero-order valence-corrected chi connectivity index (χ0v) is 10.2. The molecule has 2 rings (SSSR count). The zero-order valence-electron chi connectivity index (χ0n) is 9.34. The first kappa shape index (κ1) is 10.2. The van der Waals surface area contributed by atoms with Gasteiger partial charge in [-0.25, -0.2) is 4.98 Å². The first-order valence-electron chi connectivity index (χ1n) is 5.69. The third-order valence-electron chi connectivity index (χ3n) is 3.13. The monoisotopic (exact) mass is 209 g/mol. The highest BCUT2D eigenvalue weighted by molar-refractivity contribution is 7.11. The van der Waals surface area contributed by atoms with Crippen LogP contribution < -0.4 is 0 Å². The van der Waals surface area contributed by atoms with Crippen molar-refractivity contribution in [3.63, 3.8) is 0 Å². The van der Waals surface area contributed by atoms with Crippen LogP contribution in [0.25, 0.3) is 0 Å². The van der Waals surface area contributed by atoms with Crippen molar-refractivity contribution >= 4 is 11.3 Å². The predicted octanol–water partition coefficient (Wildman–Crippen LogP) is 3.78. The summed E-state index contributed by atoms with van der Waals surface area (Å²) in [4.78, 5) is 6.33. The van der Waals surface area contributed by atoms with Crippen LogP contribution in [-0.2, 0) is 12.8 Å². The molecule has 0 bridgehead atoms. The number of rotatable bonds is 2. The Hall–Kier alpha value is -0.370. The maximum atomic E-state index is 4.77. The number of aromatic nitrogens is 1. The molecule has 0 saturated carbocycles. The Bertz CT molecular complexity index is 314. The Kier molecular flexibility index (Phi) is 2.91. The Morgan fingerprint density at radius 1 is 1.50 bits per heavy atom. The van der Waals surface area contributed by atoms with Gasteiger partial charge in [0.1, 0.15) is 0 Å². The highest BCUT2D eigenvalue weighted by Crippen LogP contribution is 2.33. The SMILES string of the molecule is CCC1CCc2sc(C(C)C)nc2C1. The maximum Gasteiger partial charge on any atom is 0.0956 e. The van der Waals surface area contributed by atoms with Gasteiger partial charge in [-0.05, 0) is 25.2 Å². The molecule has 1 aromatic rings. The predicted molar refractivity (Wildman–Crippen MR) is 62.0 cm³/mol. The minimum absolute atomic E-state index is 0.602. The second-order valence-corrected chi connectivity index (χ2v) is 5.71. The van der Waals surface area contributed by atoms with Crippen LogP contribution in [0.4, 0.5) is 0 Å². The van der Waals surface area contributed by atoms with Gasteiger partial charge in [0.05, 0.1) is 10.7 Å². The van der Waals surface area contributed by atoms with E-state index in [-0.39, 0.29) is 0 Å². The lowest BCUT2D eigenvalue weighted by Crippen LogP contribution is -2.12. The van der Waals surface area contributed by atoms with Gasteiger partial charge < -0.3 is 0 Å². The van der Waals surface area contributed by atoms with Crippen LogP contribution in [0, 0.1) is 5.92 Å². The molecule has 1 unspecified atom stereocenters. The summed E-state index contributed by atoms with van der Waals surface area (Å²) in [6, 6.07) is 0. The fourth-order valence-electron chi connectivity index (χ4n) is 2.06. The van der Waals surface area contributed by atoms with E-state index in [2.05, 4.69) is 20.8 Å². The quantitative estimate of drug-likeness (QED) is 0.722. The van der Waals surface area contributed by atoms with Crippen molar-refractivity contribution in [1.29, 1.82) is 0 Å². The molecule has 1 atom stereocenters. The Labute approximate surface area is 90.6 Å². The molecule has 1 heterocycles. The van der Waals surface area contributed by atoms with Crippen LogP contribution in [-0.4, -0.2) is 4.98 Å². The lowest BCUT2D eigenvalue weighted by atomic mass is 9.89. The second kappa shape index (κ2) is 4.01. The van der Waals surface area contributed by atoms with E-state index in [0.29, 0.717) is 5.92 Å². The summed E-state index contributed by atoms with van der Waals surface area (Å²) < 4.78 is 0. The lowest BCUT2D eigenvalue weighted by Gasteiger charge is -2.18. The van der Waals surface area contributed by atoms with Gasteiger partial charge in [0.2, 0.25) is 0 Å². The van der Waals surface area contributed by atoms with E-state index in [1.807, 2.05) is 11.3 Å². The molecule has 0 aliphatic heterocycles. The molecule has 1 nitrogen and oxygen atoms in total. The molecule has 0 fully saturated rings. The molecule has 0 N–H and O–H groups in total. The molecule has 2 heteroatoms. The number of thiazole rings is 1. The second-order valence-electron chi connectivity index (χ2n) is 4.59.